The standard InChI is InChI=1S/C16H19N5O2/c1-9-17-7-13(14(18-9)11-3-4-11)16(22)21-6-5-12(8-21)15-19-10(2)20-23-15/h7,11-12H,3-6,8H2,1-2H3. The van der Waals surface area contributed by atoms with E-state index in [0.29, 0.717) is 36.3 Å². The molecular weight excluding hydrogens is 294 g/mol. The second-order valence-electron chi connectivity index (χ2n) is 6.41. The summed E-state index contributed by atoms with van der Waals surface area (Å²) < 4.78 is 5.25. The third-order valence-corrected chi connectivity index (χ3v) is 4.50. The van der Waals surface area contributed by atoms with Crippen molar-refractivity contribution in [3.05, 3.63) is 35.0 Å². The molecule has 4 rings (SSSR count). The van der Waals surface area contributed by atoms with Gasteiger partial charge >= 0.3 is 0 Å². The van der Waals surface area contributed by atoms with E-state index < -0.39 is 0 Å². The molecule has 23 heavy (non-hydrogen) atoms. The van der Waals surface area contributed by atoms with E-state index in [1.807, 2.05) is 11.8 Å². The minimum Gasteiger partial charge on any atom is -0.339 e. The Morgan fingerprint density at radius 1 is 1.17 bits per heavy atom. The van der Waals surface area contributed by atoms with Crippen molar-refractivity contribution >= 4 is 5.91 Å². The summed E-state index contributed by atoms with van der Waals surface area (Å²) in [7, 11) is 0. The normalized spacial score (nSPS) is 21.0. The van der Waals surface area contributed by atoms with Crippen molar-refractivity contribution in [1.82, 2.24) is 25.0 Å². The molecule has 1 saturated carbocycles. The fourth-order valence-electron chi connectivity index (χ4n) is 3.12. The lowest BCUT2D eigenvalue weighted by Crippen LogP contribution is -2.30. The van der Waals surface area contributed by atoms with Crippen molar-refractivity contribution in [2.45, 2.75) is 44.9 Å². The van der Waals surface area contributed by atoms with Crippen molar-refractivity contribution in [2.75, 3.05) is 13.1 Å². The predicted molar refractivity (Wildman–Crippen MR) is 81.0 cm³/mol. The molecule has 1 aliphatic heterocycles. The maximum absolute atomic E-state index is 12.9. The van der Waals surface area contributed by atoms with Gasteiger partial charge in [0.2, 0.25) is 5.89 Å². The first-order chi connectivity index (χ1) is 11.1. The van der Waals surface area contributed by atoms with Crippen molar-refractivity contribution in [3.63, 3.8) is 0 Å². The minimum absolute atomic E-state index is 0.0191. The third-order valence-electron chi connectivity index (χ3n) is 4.50. The first-order valence-electron chi connectivity index (χ1n) is 8.05. The minimum atomic E-state index is 0.0191. The number of hydrogen-bond donors (Lipinski definition) is 0. The zero-order valence-electron chi connectivity index (χ0n) is 13.3. The van der Waals surface area contributed by atoms with Crippen LogP contribution in [-0.4, -0.2) is 44.0 Å². The number of likely N-dealkylation sites (tertiary alicyclic amines) is 1. The van der Waals surface area contributed by atoms with E-state index in [2.05, 4.69) is 20.1 Å². The lowest BCUT2D eigenvalue weighted by molar-refractivity contribution is 0.0787. The van der Waals surface area contributed by atoms with Gasteiger partial charge < -0.3 is 9.42 Å². The molecule has 0 N–H and O–H groups in total. The van der Waals surface area contributed by atoms with Gasteiger partial charge in [-0.25, -0.2) is 9.97 Å². The van der Waals surface area contributed by atoms with Crippen LogP contribution in [0.4, 0.5) is 0 Å². The second-order valence-corrected chi connectivity index (χ2v) is 6.41. The number of aromatic nitrogens is 4. The van der Waals surface area contributed by atoms with E-state index >= 15 is 0 Å². The molecule has 2 aliphatic rings. The Kier molecular flexibility index (Phi) is 3.36. The number of nitrogens with zero attached hydrogens (tertiary/aromatic N) is 5. The quantitative estimate of drug-likeness (QED) is 0.861. The van der Waals surface area contributed by atoms with Gasteiger partial charge in [0.05, 0.1) is 17.2 Å². The van der Waals surface area contributed by atoms with E-state index in [-0.39, 0.29) is 11.8 Å². The summed E-state index contributed by atoms with van der Waals surface area (Å²) in [4.78, 5) is 27.7. The van der Waals surface area contributed by atoms with Gasteiger partial charge in [-0.1, -0.05) is 5.16 Å². The summed E-state index contributed by atoms with van der Waals surface area (Å²) in [5.41, 5.74) is 1.57. The number of carbonyl (C=O) groups is 1. The van der Waals surface area contributed by atoms with E-state index in [9.17, 15) is 4.79 Å². The third kappa shape index (κ3) is 2.71. The van der Waals surface area contributed by atoms with E-state index in [1.54, 1.807) is 13.1 Å². The van der Waals surface area contributed by atoms with Crippen LogP contribution < -0.4 is 0 Å². The Labute approximate surface area is 134 Å². The Hall–Kier alpha value is -2.31. The van der Waals surface area contributed by atoms with Gasteiger partial charge in [-0.15, -0.1) is 0 Å². The van der Waals surface area contributed by atoms with Gasteiger partial charge in [0.25, 0.3) is 5.91 Å². The molecule has 0 spiro atoms. The fraction of sp³-hybridized carbons (Fsp3) is 0.562. The first-order valence-corrected chi connectivity index (χ1v) is 8.05. The summed E-state index contributed by atoms with van der Waals surface area (Å²) >= 11 is 0. The molecule has 2 aromatic rings. The van der Waals surface area contributed by atoms with Gasteiger partial charge in [0.15, 0.2) is 5.82 Å². The number of hydrogen-bond acceptors (Lipinski definition) is 6. The van der Waals surface area contributed by atoms with Crippen LogP contribution in [0.3, 0.4) is 0 Å². The average molecular weight is 313 g/mol. The first kappa shape index (κ1) is 14.3. The maximum atomic E-state index is 12.9. The molecule has 1 unspecified atom stereocenters. The predicted octanol–water partition coefficient (Wildman–Crippen LogP) is 1.98. The molecule has 1 atom stereocenters. The summed E-state index contributed by atoms with van der Waals surface area (Å²) in [6, 6.07) is 0. The van der Waals surface area contributed by atoms with Crippen LogP contribution in [0, 0.1) is 13.8 Å². The molecule has 1 aliphatic carbocycles. The molecule has 2 aromatic heterocycles. The van der Waals surface area contributed by atoms with Crippen molar-refractivity contribution in [2.24, 2.45) is 0 Å². The van der Waals surface area contributed by atoms with Gasteiger partial charge in [0, 0.05) is 25.2 Å². The monoisotopic (exact) mass is 313 g/mol. The van der Waals surface area contributed by atoms with Crippen LogP contribution in [0.15, 0.2) is 10.7 Å². The highest BCUT2D eigenvalue weighted by Crippen LogP contribution is 2.41. The van der Waals surface area contributed by atoms with Crippen LogP contribution >= 0.6 is 0 Å². The van der Waals surface area contributed by atoms with Crippen molar-refractivity contribution in [3.8, 4) is 0 Å². The number of rotatable bonds is 3. The molecule has 120 valence electrons. The highest BCUT2D eigenvalue weighted by molar-refractivity contribution is 5.95. The van der Waals surface area contributed by atoms with E-state index in [0.717, 1.165) is 30.8 Å². The molecular formula is C16H19N5O2. The molecule has 2 fully saturated rings. The smallest absolute Gasteiger partial charge is 0.257 e. The topological polar surface area (TPSA) is 85.0 Å². The number of amides is 1. The largest absolute Gasteiger partial charge is 0.339 e. The Morgan fingerprint density at radius 3 is 2.70 bits per heavy atom. The van der Waals surface area contributed by atoms with Crippen LogP contribution in [0.2, 0.25) is 0 Å². The second kappa shape index (κ2) is 5.40. The molecule has 0 aromatic carbocycles. The van der Waals surface area contributed by atoms with Crippen molar-refractivity contribution in [1.29, 1.82) is 0 Å². The molecule has 0 radical (unpaired) electrons. The Balaban J connectivity index is 1.54. The van der Waals surface area contributed by atoms with Crippen LogP contribution in [0.1, 0.15) is 64.7 Å². The van der Waals surface area contributed by atoms with Crippen LogP contribution in [0.25, 0.3) is 0 Å². The number of aryl methyl sites for hydroxylation is 2. The fourth-order valence-corrected chi connectivity index (χ4v) is 3.12. The van der Waals surface area contributed by atoms with Crippen molar-refractivity contribution < 1.29 is 9.32 Å². The zero-order chi connectivity index (χ0) is 16.0. The van der Waals surface area contributed by atoms with E-state index in [1.165, 1.54) is 0 Å². The van der Waals surface area contributed by atoms with Gasteiger partial charge in [-0.05, 0) is 33.1 Å². The van der Waals surface area contributed by atoms with Gasteiger partial charge in [0.1, 0.15) is 5.82 Å². The number of carbonyl (C=O) groups excluding carboxylic acids is 1. The molecule has 7 nitrogen and oxygen atoms in total. The summed E-state index contributed by atoms with van der Waals surface area (Å²) in [6.45, 7) is 4.97. The molecule has 3 heterocycles. The average Bonchev–Trinajstić information content (AvgIpc) is 3.10. The summed E-state index contributed by atoms with van der Waals surface area (Å²) in [5, 5.41) is 3.83. The zero-order valence-corrected chi connectivity index (χ0v) is 13.3. The molecule has 1 saturated heterocycles. The molecule has 0 bridgehead atoms. The molecule has 1 amide bonds. The van der Waals surface area contributed by atoms with Crippen LogP contribution in [-0.2, 0) is 0 Å². The lowest BCUT2D eigenvalue weighted by Gasteiger charge is -2.17. The molecule has 7 heteroatoms. The Bertz CT molecular complexity index is 753. The van der Waals surface area contributed by atoms with Gasteiger partial charge in [-0.3, -0.25) is 4.79 Å². The lowest BCUT2D eigenvalue weighted by atomic mass is 10.1. The highest BCUT2D eigenvalue weighted by Gasteiger charge is 2.35. The highest BCUT2D eigenvalue weighted by atomic mass is 16.5. The maximum Gasteiger partial charge on any atom is 0.257 e. The summed E-state index contributed by atoms with van der Waals surface area (Å²) in [6.07, 6.45) is 4.75. The van der Waals surface area contributed by atoms with E-state index in [4.69, 9.17) is 4.52 Å². The summed E-state index contributed by atoms with van der Waals surface area (Å²) in [5.74, 6) is 2.55. The van der Waals surface area contributed by atoms with Gasteiger partial charge in [-0.2, -0.15) is 4.98 Å². The SMILES string of the molecule is Cc1noc(C2CCN(C(=O)c3cnc(C)nc3C3CC3)C2)n1. The van der Waals surface area contributed by atoms with Crippen LogP contribution in [0.5, 0.6) is 0 Å². The Morgan fingerprint density at radius 2 is 2.00 bits per heavy atom.